The third-order valence-corrected chi connectivity index (χ3v) is 4.53. The number of aryl methyl sites for hydroxylation is 2. The van der Waals surface area contributed by atoms with E-state index >= 15 is 0 Å². The molecule has 0 aliphatic carbocycles. The van der Waals surface area contributed by atoms with Crippen LogP contribution in [0, 0.1) is 13.8 Å². The number of hydrogen-bond donors (Lipinski definition) is 1. The summed E-state index contributed by atoms with van der Waals surface area (Å²) in [6.07, 6.45) is 0.513. The van der Waals surface area contributed by atoms with Crippen LogP contribution in [0.3, 0.4) is 0 Å². The lowest BCUT2D eigenvalue weighted by Crippen LogP contribution is -2.34. The van der Waals surface area contributed by atoms with Crippen molar-refractivity contribution in [3.8, 4) is 0 Å². The van der Waals surface area contributed by atoms with Gasteiger partial charge in [0.05, 0.1) is 16.5 Å². The summed E-state index contributed by atoms with van der Waals surface area (Å²) in [5.41, 5.74) is 3.61. The Kier molecular flexibility index (Phi) is 3.23. The fourth-order valence-electron chi connectivity index (χ4n) is 3.27. The fraction of sp³-hybridized carbons (Fsp3) is 0.211. The Morgan fingerprint density at radius 2 is 1.79 bits per heavy atom. The van der Waals surface area contributed by atoms with Crippen LogP contribution in [-0.2, 0) is 6.42 Å². The molecule has 5 heteroatoms. The van der Waals surface area contributed by atoms with Crippen molar-refractivity contribution in [3.63, 3.8) is 0 Å². The fourth-order valence-corrected chi connectivity index (χ4v) is 3.27. The van der Waals surface area contributed by atoms with E-state index in [1.807, 2.05) is 38.1 Å². The number of nitrogens with zero attached hydrogens (tertiary/aromatic N) is 2. The number of fused-ring (bicyclic) bond motifs is 3. The summed E-state index contributed by atoms with van der Waals surface area (Å²) in [7, 11) is 0. The van der Waals surface area contributed by atoms with Crippen LogP contribution >= 0.6 is 0 Å². The van der Waals surface area contributed by atoms with Crippen molar-refractivity contribution < 1.29 is 4.79 Å². The molecule has 0 bridgehead atoms. The minimum Gasteiger partial charge on any atom is -0.384 e. The summed E-state index contributed by atoms with van der Waals surface area (Å²) in [5.74, 6) is 0.184. The summed E-state index contributed by atoms with van der Waals surface area (Å²) >= 11 is 0. The Morgan fingerprint density at radius 3 is 2.62 bits per heavy atom. The molecule has 5 nitrogen and oxygen atoms in total. The molecular weight excluding hydrogens is 302 g/mol. The smallest absolute Gasteiger partial charge is 0.268 e. The first-order valence-corrected chi connectivity index (χ1v) is 7.97. The first kappa shape index (κ1) is 14.6. The average molecular weight is 319 g/mol. The standard InChI is InChI=1S/C19H17N3O2/c1-11-5-3-7-13-16(11)20-10-9-15-21-17-12(2)6-4-8-14(17)19(24)22(15)18(13)23/h3-8,20H,9-10H2,1-2H3. The summed E-state index contributed by atoms with van der Waals surface area (Å²) in [6, 6.07) is 11.0. The third kappa shape index (κ3) is 2.05. The third-order valence-electron chi connectivity index (χ3n) is 4.53. The molecule has 0 amide bonds. The van der Waals surface area contributed by atoms with Gasteiger partial charge in [-0.25, -0.2) is 9.55 Å². The molecule has 0 radical (unpaired) electrons. The second-order valence-electron chi connectivity index (χ2n) is 6.12. The first-order chi connectivity index (χ1) is 11.6. The minimum absolute atomic E-state index is 0.293. The summed E-state index contributed by atoms with van der Waals surface area (Å²) in [5, 5.41) is 3.79. The molecule has 1 aromatic heterocycles. The average Bonchev–Trinajstić information content (AvgIpc) is 2.55. The van der Waals surface area contributed by atoms with E-state index in [0.29, 0.717) is 35.3 Å². The van der Waals surface area contributed by atoms with Crippen LogP contribution in [0.15, 0.2) is 41.2 Å². The Bertz CT molecular complexity index is 1050. The van der Waals surface area contributed by atoms with E-state index in [9.17, 15) is 9.59 Å². The molecule has 3 aromatic rings. The van der Waals surface area contributed by atoms with Crippen LogP contribution in [-0.4, -0.2) is 22.0 Å². The van der Waals surface area contributed by atoms with Gasteiger partial charge in [-0.2, -0.15) is 0 Å². The van der Waals surface area contributed by atoms with Crippen LogP contribution in [0.1, 0.15) is 27.3 Å². The molecule has 1 aliphatic rings. The lowest BCUT2D eigenvalue weighted by Gasteiger charge is -2.20. The van der Waals surface area contributed by atoms with Gasteiger partial charge in [-0.1, -0.05) is 24.3 Å². The van der Waals surface area contributed by atoms with E-state index < -0.39 is 0 Å². The zero-order valence-corrected chi connectivity index (χ0v) is 13.6. The van der Waals surface area contributed by atoms with Gasteiger partial charge < -0.3 is 5.32 Å². The lowest BCUT2D eigenvalue weighted by atomic mass is 10.1. The van der Waals surface area contributed by atoms with E-state index in [-0.39, 0.29) is 11.5 Å². The maximum Gasteiger partial charge on any atom is 0.268 e. The summed E-state index contributed by atoms with van der Waals surface area (Å²) in [6.45, 7) is 4.49. The van der Waals surface area contributed by atoms with Gasteiger partial charge in [0.2, 0.25) is 0 Å². The SMILES string of the molecule is Cc1cccc2c1NCCc1nc3c(C)cccc3c(=O)n1C2=O. The lowest BCUT2D eigenvalue weighted by molar-refractivity contribution is 0.0951. The quantitative estimate of drug-likeness (QED) is 0.692. The van der Waals surface area contributed by atoms with Crippen molar-refractivity contribution >= 4 is 22.5 Å². The van der Waals surface area contributed by atoms with E-state index in [2.05, 4.69) is 10.3 Å². The van der Waals surface area contributed by atoms with Gasteiger partial charge in [0.25, 0.3) is 11.5 Å². The van der Waals surface area contributed by atoms with Crippen LogP contribution < -0.4 is 10.9 Å². The van der Waals surface area contributed by atoms with Crippen molar-refractivity contribution in [2.24, 2.45) is 0 Å². The molecule has 0 fully saturated rings. The highest BCUT2D eigenvalue weighted by atomic mass is 16.2. The molecule has 2 aromatic carbocycles. The highest BCUT2D eigenvalue weighted by molar-refractivity contribution is 6.03. The number of nitrogens with one attached hydrogen (secondary N) is 1. The molecule has 1 N–H and O–H groups in total. The first-order valence-electron chi connectivity index (χ1n) is 7.97. The normalized spacial score (nSPS) is 13.7. The van der Waals surface area contributed by atoms with Crippen LogP contribution in [0.5, 0.6) is 0 Å². The highest BCUT2D eigenvalue weighted by Crippen LogP contribution is 2.24. The minimum atomic E-state index is -0.322. The van der Waals surface area contributed by atoms with Crippen molar-refractivity contribution in [3.05, 3.63) is 69.3 Å². The summed E-state index contributed by atoms with van der Waals surface area (Å²) in [4.78, 5) is 30.7. The largest absolute Gasteiger partial charge is 0.384 e. The molecular formula is C19H17N3O2. The van der Waals surface area contributed by atoms with Gasteiger partial charge in [0, 0.05) is 18.7 Å². The zero-order valence-electron chi connectivity index (χ0n) is 13.6. The molecule has 4 rings (SSSR count). The van der Waals surface area contributed by atoms with Gasteiger partial charge in [-0.3, -0.25) is 9.59 Å². The van der Waals surface area contributed by atoms with E-state index in [4.69, 9.17) is 0 Å². The van der Waals surface area contributed by atoms with Gasteiger partial charge in [-0.05, 0) is 37.1 Å². The van der Waals surface area contributed by atoms with E-state index in [0.717, 1.165) is 16.8 Å². The number of hydrogen-bond acceptors (Lipinski definition) is 4. The molecule has 0 saturated heterocycles. The Balaban J connectivity index is 2.06. The molecule has 1 aliphatic heterocycles. The van der Waals surface area contributed by atoms with Crippen molar-refractivity contribution in [2.45, 2.75) is 20.3 Å². The van der Waals surface area contributed by atoms with Crippen LogP contribution in [0.2, 0.25) is 0 Å². The molecule has 0 saturated carbocycles. The maximum absolute atomic E-state index is 13.1. The number of benzene rings is 2. The number of carbonyl (C=O) groups is 1. The topological polar surface area (TPSA) is 64.0 Å². The number of rotatable bonds is 0. The second-order valence-corrected chi connectivity index (χ2v) is 6.12. The molecule has 24 heavy (non-hydrogen) atoms. The zero-order chi connectivity index (χ0) is 16.8. The van der Waals surface area contributed by atoms with E-state index in [1.165, 1.54) is 4.57 Å². The Morgan fingerprint density at radius 1 is 1.04 bits per heavy atom. The number of para-hydroxylation sites is 2. The van der Waals surface area contributed by atoms with Gasteiger partial charge in [0.15, 0.2) is 0 Å². The van der Waals surface area contributed by atoms with E-state index in [1.54, 1.807) is 12.1 Å². The number of anilines is 1. The summed E-state index contributed by atoms with van der Waals surface area (Å²) < 4.78 is 1.24. The number of aromatic nitrogens is 2. The van der Waals surface area contributed by atoms with Crippen molar-refractivity contribution in [2.75, 3.05) is 11.9 Å². The predicted molar refractivity (Wildman–Crippen MR) is 93.8 cm³/mol. The van der Waals surface area contributed by atoms with Gasteiger partial charge >= 0.3 is 0 Å². The molecule has 120 valence electrons. The van der Waals surface area contributed by atoms with Crippen LogP contribution in [0.25, 0.3) is 10.9 Å². The number of carbonyl (C=O) groups excluding carboxylic acids is 1. The van der Waals surface area contributed by atoms with Crippen molar-refractivity contribution in [1.29, 1.82) is 0 Å². The van der Waals surface area contributed by atoms with Gasteiger partial charge in [0.1, 0.15) is 5.82 Å². The van der Waals surface area contributed by atoms with Crippen molar-refractivity contribution in [1.82, 2.24) is 9.55 Å². The monoisotopic (exact) mass is 319 g/mol. The van der Waals surface area contributed by atoms with Crippen LogP contribution in [0.4, 0.5) is 5.69 Å². The molecule has 2 heterocycles. The Labute approximate surface area is 139 Å². The maximum atomic E-state index is 13.1. The molecule has 0 unspecified atom stereocenters. The Hall–Kier alpha value is -2.95. The molecule has 0 spiro atoms. The predicted octanol–water partition coefficient (Wildman–Crippen LogP) is 2.67. The highest BCUT2D eigenvalue weighted by Gasteiger charge is 2.23. The molecule has 0 atom stereocenters. The van der Waals surface area contributed by atoms with Gasteiger partial charge in [-0.15, -0.1) is 0 Å². The second kappa shape index (κ2) is 5.30.